The zero-order chi connectivity index (χ0) is 12.3. The first-order chi connectivity index (χ1) is 8.20. The summed E-state index contributed by atoms with van der Waals surface area (Å²) in [5.41, 5.74) is 1.21. The Kier molecular flexibility index (Phi) is 3.91. The smallest absolute Gasteiger partial charge is 0.109 e. The molecule has 0 fully saturated rings. The molecule has 0 bridgehead atoms. The molecular formula is C12H18N4S. The van der Waals surface area contributed by atoms with E-state index in [1.54, 1.807) is 11.3 Å². The molecule has 2 aromatic rings. The van der Waals surface area contributed by atoms with Gasteiger partial charge < -0.3 is 5.32 Å². The van der Waals surface area contributed by atoms with Crippen molar-refractivity contribution in [1.82, 2.24) is 20.1 Å². The number of aromatic nitrogens is 3. The van der Waals surface area contributed by atoms with Gasteiger partial charge in [-0.1, -0.05) is 6.92 Å². The van der Waals surface area contributed by atoms with Crippen molar-refractivity contribution in [3.05, 3.63) is 34.5 Å². The maximum Gasteiger partial charge on any atom is 0.109 e. The molecule has 92 valence electrons. The van der Waals surface area contributed by atoms with Gasteiger partial charge in [0.2, 0.25) is 0 Å². The first-order valence-corrected chi connectivity index (χ1v) is 6.72. The molecule has 0 amide bonds. The van der Waals surface area contributed by atoms with Crippen LogP contribution in [0.15, 0.2) is 24.0 Å². The number of hydrogen-bond acceptors (Lipinski definition) is 4. The van der Waals surface area contributed by atoms with Crippen molar-refractivity contribution >= 4 is 11.3 Å². The molecule has 0 saturated carbocycles. The molecule has 2 aromatic heterocycles. The van der Waals surface area contributed by atoms with E-state index in [4.69, 9.17) is 0 Å². The Hall–Kier alpha value is -1.20. The van der Waals surface area contributed by atoms with Crippen molar-refractivity contribution in [2.24, 2.45) is 7.05 Å². The summed E-state index contributed by atoms with van der Waals surface area (Å²) in [6.45, 7) is 4.34. The zero-order valence-corrected chi connectivity index (χ0v) is 11.2. The van der Waals surface area contributed by atoms with Gasteiger partial charge in [0.1, 0.15) is 5.01 Å². The van der Waals surface area contributed by atoms with Crippen LogP contribution in [0.25, 0.3) is 0 Å². The minimum absolute atomic E-state index is 0.289. The standard InChI is InChI=1S/C12H18N4S/c1-4-11(12-13-5-6-17-12)15-9(2)10-7-14-16(3)8-10/h5-9,11,15H,4H2,1-3H3. The van der Waals surface area contributed by atoms with E-state index in [0.717, 1.165) is 11.4 Å². The van der Waals surface area contributed by atoms with Gasteiger partial charge >= 0.3 is 0 Å². The molecule has 2 rings (SSSR count). The Morgan fingerprint density at radius 1 is 1.53 bits per heavy atom. The minimum Gasteiger partial charge on any atom is -0.301 e. The average Bonchev–Trinajstić information content (AvgIpc) is 2.96. The summed E-state index contributed by atoms with van der Waals surface area (Å²) in [5.74, 6) is 0. The Morgan fingerprint density at radius 3 is 2.88 bits per heavy atom. The fourth-order valence-corrected chi connectivity index (χ4v) is 2.61. The monoisotopic (exact) mass is 250 g/mol. The third kappa shape index (κ3) is 2.92. The fraction of sp³-hybridized carbons (Fsp3) is 0.500. The summed E-state index contributed by atoms with van der Waals surface area (Å²) in [6.07, 6.45) is 6.86. The van der Waals surface area contributed by atoms with Crippen molar-refractivity contribution in [1.29, 1.82) is 0 Å². The summed E-state index contributed by atoms with van der Waals surface area (Å²) in [7, 11) is 1.94. The minimum atomic E-state index is 0.289. The second-order valence-electron chi connectivity index (χ2n) is 4.17. The van der Waals surface area contributed by atoms with Crippen LogP contribution in [0.1, 0.15) is 42.9 Å². The van der Waals surface area contributed by atoms with Gasteiger partial charge in [0.05, 0.1) is 12.2 Å². The van der Waals surface area contributed by atoms with Crippen LogP contribution in [0.3, 0.4) is 0 Å². The molecule has 0 aromatic carbocycles. The Labute approximate surface area is 106 Å². The number of aryl methyl sites for hydroxylation is 1. The molecule has 2 atom stereocenters. The topological polar surface area (TPSA) is 42.7 Å². The van der Waals surface area contributed by atoms with Crippen LogP contribution in [-0.4, -0.2) is 14.8 Å². The van der Waals surface area contributed by atoms with Gasteiger partial charge in [-0.05, 0) is 13.3 Å². The van der Waals surface area contributed by atoms with Crippen LogP contribution >= 0.6 is 11.3 Å². The van der Waals surface area contributed by atoms with E-state index in [9.17, 15) is 0 Å². The van der Waals surface area contributed by atoms with Crippen LogP contribution in [0.5, 0.6) is 0 Å². The van der Waals surface area contributed by atoms with Crippen LogP contribution < -0.4 is 5.32 Å². The molecule has 0 saturated heterocycles. The summed E-state index contributed by atoms with van der Waals surface area (Å²) in [6, 6.07) is 0.614. The molecule has 0 spiro atoms. The van der Waals surface area contributed by atoms with E-state index in [-0.39, 0.29) is 6.04 Å². The molecule has 0 aliphatic carbocycles. The molecule has 0 radical (unpaired) electrons. The van der Waals surface area contributed by atoms with E-state index in [1.165, 1.54) is 5.56 Å². The molecule has 5 heteroatoms. The average molecular weight is 250 g/mol. The van der Waals surface area contributed by atoms with Gasteiger partial charge in [-0.3, -0.25) is 4.68 Å². The number of thiazole rings is 1. The van der Waals surface area contributed by atoms with Crippen molar-refractivity contribution in [3.63, 3.8) is 0 Å². The predicted molar refractivity (Wildman–Crippen MR) is 69.9 cm³/mol. The maximum absolute atomic E-state index is 4.37. The summed E-state index contributed by atoms with van der Waals surface area (Å²) in [4.78, 5) is 4.37. The van der Waals surface area contributed by atoms with Gasteiger partial charge in [-0.15, -0.1) is 11.3 Å². The molecule has 4 nitrogen and oxygen atoms in total. The Bertz CT molecular complexity index is 449. The Balaban J connectivity index is 2.04. The normalized spacial score (nSPS) is 14.8. The van der Waals surface area contributed by atoms with Crippen molar-refractivity contribution in [3.8, 4) is 0 Å². The van der Waals surface area contributed by atoms with Gasteiger partial charge in [-0.25, -0.2) is 4.98 Å². The molecule has 0 aliphatic heterocycles. The first kappa shape index (κ1) is 12.3. The molecule has 2 unspecified atom stereocenters. The van der Waals surface area contributed by atoms with Crippen LogP contribution in [0.4, 0.5) is 0 Å². The SMILES string of the molecule is CCC(NC(C)c1cnn(C)c1)c1nccs1. The lowest BCUT2D eigenvalue weighted by Crippen LogP contribution is -2.23. The third-order valence-corrected chi connectivity index (χ3v) is 3.72. The summed E-state index contributed by atoms with van der Waals surface area (Å²) >= 11 is 1.70. The highest BCUT2D eigenvalue weighted by atomic mass is 32.1. The highest BCUT2D eigenvalue weighted by Crippen LogP contribution is 2.23. The van der Waals surface area contributed by atoms with E-state index < -0.39 is 0 Å². The quantitative estimate of drug-likeness (QED) is 0.887. The van der Waals surface area contributed by atoms with Gasteiger partial charge in [0.15, 0.2) is 0 Å². The van der Waals surface area contributed by atoms with E-state index >= 15 is 0 Å². The number of nitrogens with zero attached hydrogens (tertiary/aromatic N) is 3. The number of nitrogens with one attached hydrogen (secondary N) is 1. The van der Waals surface area contributed by atoms with Gasteiger partial charge in [-0.2, -0.15) is 5.10 Å². The van der Waals surface area contributed by atoms with Crippen molar-refractivity contribution < 1.29 is 0 Å². The van der Waals surface area contributed by atoms with Crippen molar-refractivity contribution in [2.75, 3.05) is 0 Å². The number of rotatable bonds is 5. The van der Waals surface area contributed by atoms with E-state index in [0.29, 0.717) is 6.04 Å². The van der Waals surface area contributed by atoms with Crippen LogP contribution in [0, 0.1) is 0 Å². The zero-order valence-electron chi connectivity index (χ0n) is 10.4. The molecule has 17 heavy (non-hydrogen) atoms. The van der Waals surface area contributed by atoms with Gasteiger partial charge in [0.25, 0.3) is 0 Å². The third-order valence-electron chi connectivity index (χ3n) is 2.83. The molecule has 1 N–H and O–H groups in total. The van der Waals surface area contributed by atoms with E-state index in [2.05, 4.69) is 29.2 Å². The highest BCUT2D eigenvalue weighted by Gasteiger charge is 2.16. The van der Waals surface area contributed by atoms with Gasteiger partial charge in [0, 0.05) is 36.4 Å². The molecular weight excluding hydrogens is 232 g/mol. The predicted octanol–water partition coefficient (Wildman–Crippen LogP) is 2.68. The molecule has 0 aliphatic rings. The van der Waals surface area contributed by atoms with E-state index in [1.807, 2.05) is 35.7 Å². The van der Waals surface area contributed by atoms with Crippen LogP contribution in [0.2, 0.25) is 0 Å². The highest BCUT2D eigenvalue weighted by molar-refractivity contribution is 7.09. The summed E-state index contributed by atoms with van der Waals surface area (Å²) < 4.78 is 1.83. The second kappa shape index (κ2) is 5.42. The number of hydrogen-bond donors (Lipinski definition) is 1. The Morgan fingerprint density at radius 2 is 2.35 bits per heavy atom. The maximum atomic E-state index is 4.37. The van der Waals surface area contributed by atoms with Crippen molar-refractivity contribution in [2.45, 2.75) is 32.4 Å². The second-order valence-corrected chi connectivity index (χ2v) is 5.09. The lowest BCUT2D eigenvalue weighted by molar-refractivity contribution is 0.455. The molecule has 2 heterocycles. The summed E-state index contributed by atoms with van der Waals surface area (Å²) in [5, 5.41) is 11.0. The fourth-order valence-electron chi connectivity index (χ4n) is 1.83. The van der Waals surface area contributed by atoms with Crippen LogP contribution in [-0.2, 0) is 7.05 Å². The lowest BCUT2D eigenvalue weighted by Gasteiger charge is -2.19. The first-order valence-electron chi connectivity index (χ1n) is 5.84. The largest absolute Gasteiger partial charge is 0.301 e. The lowest BCUT2D eigenvalue weighted by atomic mass is 10.1.